The maximum Gasteiger partial charge on any atom is 0.224 e. The molecule has 0 radical (unpaired) electrons. The Hall–Kier alpha value is -1.88. The van der Waals surface area contributed by atoms with Gasteiger partial charge in [0.2, 0.25) is 11.8 Å². The Morgan fingerprint density at radius 3 is 2.64 bits per heavy atom. The molecule has 2 amide bonds. The van der Waals surface area contributed by atoms with Gasteiger partial charge in [0.15, 0.2) is 0 Å². The Kier molecular flexibility index (Phi) is 6.65. The molecule has 1 saturated heterocycles. The molecular formula is C27H38ClN3O2. The molecule has 0 bridgehead atoms. The standard InChI is InChI=1S/C19H28ClNO.C8H10N2O/c1-11-4-5-13-12-10-15(20)17-19(3,9-7-16(22)21-17)14(12)6-8-18(11,13)2;1-6-4-3-5-8(9-6)10-7(2)11/h11-14H,4-10H2,1-3H3,(H,21,22);3-5H,1-2H3,(H,9,10,11)/t11-,12?,13?,14?,18+,19+;/m0./s1. The van der Waals surface area contributed by atoms with Gasteiger partial charge in [-0.25, -0.2) is 4.98 Å². The van der Waals surface area contributed by atoms with E-state index in [2.05, 4.69) is 36.4 Å². The highest BCUT2D eigenvalue weighted by atomic mass is 35.5. The van der Waals surface area contributed by atoms with E-state index in [1.165, 1.54) is 32.6 Å². The van der Waals surface area contributed by atoms with E-state index in [1.807, 2.05) is 19.1 Å². The predicted octanol–water partition coefficient (Wildman–Crippen LogP) is 6.18. The van der Waals surface area contributed by atoms with Crippen molar-refractivity contribution in [3.63, 3.8) is 0 Å². The number of aryl methyl sites for hydroxylation is 1. The van der Waals surface area contributed by atoms with Crippen LogP contribution < -0.4 is 10.6 Å². The number of nitrogens with zero attached hydrogens (tertiary/aromatic N) is 1. The van der Waals surface area contributed by atoms with Gasteiger partial charge in [-0.1, -0.05) is 38.4 Å². The van der Waals surface area contributed by atoms with Crippen molar-refractivity contribution in [2.75, 3.05) is 5.32 Å². The fourth-order valence-electron chi connectivity index (χ4n) is 7.32. The summed E-state index contributed by atoms with van der Waals surface area (Å²) in [6, 6.07) is 5.49. The summed E-state index contributed by atoms with van der Waals surface area (Å²) in [5.41, 5.74) is 2.59. The number of aromatic nitrogens is 1. The number of nitrogens with one attached hydrogen (secondary N) is 2. The third kappa shape index (κ3) is 4.45. The number of carbonyl (C=O) groups is 2. The van der Waals surface area contributed by atoms with Crippen LogP contribution in [0.3, 0.4) is 0 Å². The number of carbonyl (C=O) groups excluding carboxylic acids is 2. The highest BCUT2D eigenvalue weighted by Crippen LogP contribution is 2.66. The molecule has 33 heavy (non-hydrogen) atoms. The molecule has 3 aliphatic carbocycles. The van der Waals surface area contributed by atoms with Crippen molar-refractivity contribution in [2.24, 2.45) is 34.5 Å². The summed E-state index contributed by atoms with van der Waals surface area (Å²) < 4.78 is 0. The van der Waals surface area contributed by atoms with Gasteiger partial charge in [0.05, 0.1) is 0 Å². The first kappa shape index (κ1) is 24.3. The second-order valence-electron chi connectivity index (χ2n) is 11.2. The number of amides is 2. The van der Waals surface area contributed by atoms with E-state index < -0.39 is 0 Å². The second kappa shape index (κ2) is 9.05. The zero-order valence-corrected chi connectivity index (χ0v) is 21.4. The van der Waals surface area contributed by atoms with Crippen molar-refractivity contribution in [1.29, 1.82) is 0 Å². The fraction of sp³-hybridized carbons (Fsp3) is 0.667. The highest BCUT2D eigenvalue weighted by molar-refractivity contribution is 6.30. The topological polar surface area (TPSA) is 71.1 Å². The summed E-state index contributed by atoms with van der Waals surface area (Å²) in [4.78, 5) is 26.5. The lowest BCUT2D eigenvalue weighted by atomic mass is 9.49. The van der Waals surface area contributed by atoms with Crippen LogP contribution in [0.1, 0.15) is 78.3 Å². The van der Waals surface area contributed by atoms with Gasteiger partial charge < -0.3 is 10.6 Å². The molecule has 1 aromatic rings. The van der Waals surface area contributed by atoms with E-state index in [9.17, 15) is 9.59 Å². The maximum atomic E-state index is 11.8. The summed E-state index contributed by atoms with van der Waals surface area (Å²) in [5.74, 6) is 3.77. The molecule has 2 heterocycles. The summed E-state index contributed by atoms with van der Waals surface area (Å²) in [5, 5.41) is 6.67. The van der Waals surface area contributed by atoms with Crippen LogP contribution in [0, 0.1) is 41.4 Å². The first-order chi connectivity index (χ1) is 15.5. The molecular weight excluding hydrogens is 434 g/mol. The Morgan fingerprint density at radius 1 is 1.18 bits per heavy atom. The van der Waals surface area contributed by atoms with Crippen LogP contribution in [0.4, 0.5) is 5.82 Å². The second-order valence-corrected chi connectivity index (χ2v) is 11.7. The number of fused-ring (bicyclic) bond motifs is 5. The molecule has 1 aromatic heterocycles. The van der Waals surface area contributed by atoms with Crippen LogP contribution in [0.15, 0.2) is 28.9 Å². The van der Waals surface area contributed by atoms with Gasteiger partial charge in [0, 0.05) is 35.2 Å². The van der Waals surface area contributed by atoms with Crippen molar-refractivity contribution >= 4 is 29.2 Å². The Bertz CT molecular complexity index is 976. The van der Waals surface area contributed by atoms with Crippen LogP contribution in [-0.2, 0) is 9.59 Å². The summed E-state index contributed by atoms with van der Waals surface area (Å²) in [7, 11) is 0. The minimum Gasteiger partial charge on any atom is -0.328 e. The largest absolute Gasteiger partial charge is 0.328 e. The molecule has 6 heteroatoms. The average Bonchev–Trinajstić information content (AvgIpc) is 3.04. The molecule has 0 aromatic carbocycles. The SMILES string of the molecule is CC(=O)Nc1cccc(C)n1.C[C@H]1CCC2C3CC(Cl)=C4NC(=O)CC[C@]4(C)C3CC[C@@]21C. The van der Waals surface area contributed by atoms with Crippen molar-refractivity contribution in [2.45, 2.75) is 79.6 Å². The minimum absolute atomic E-state index is 0.0944. The van der Waals surface area contributed by atoms with E-state index in [0.717, 1.165) is 47.0 Å². The lowest BCUT2D eigenvalue weighted by Crippen LogP contribution is -2.53. The molecule has 4 aliphatic rings. The molecule has 2 N–H and O–H groups in total. The number of pyridine rings is 1. The van der Waals surface area contributed by atoms with E-state index in [4.69, 9.17) is 11.6 Å². The number of hydrogen-bond acceptors (Lipinski definition) is 3. The van der Waals surface area contributed by atoms with Crippen LogP contribution >= 0.6 is 11.6 Å². The van der Waals surface area contributed by atoms with Gasteiger partial charge >= 0.3 is 0 Å². The summed E-state index contributed by atoms with van der Waals surface area (Å²) in [6.45, 7) is 10.7. The lowest BCUT2D eigenvalue weighted by Gasteiger charge is -2.57. The van der Waals surface area contributed by atoms with Crippen molar-refractivity contribution in [3.05, 3.63) is 34.6 Å². The van der Waals surface area contributed by atoms with Gasteiger partial charge in [0.25, 0.3) is 0 Å². The summed E-state index contributed by atoms with van der Waals surface area (Å²) >= 11 is 6.70. The number of piperidine rings is 1. The normalized spacial score (nSPS) is 37.1. The number of rotatable bonds is 1. The lowest BCUT2D eigenvalue weighted by molar-refractivity contribution is -0.125. The Morgan fingerprint density at radius 2 is 1.94 bits per heavy atom. The molecule has 3 unspecified atom stereocenters. The molecule has 180 valence electrons. The molecule has 1 aliphatic heterocycles. The van der Waals surface area contributed by atoms with Gasteiger partial charge in [-0.05, 0) is 86.7 Å². The molecule has 2 saturated carbocycles. The molecule has 5 nitrogen and oxygen atoms in total. The quantitative estimate of drug-likeness (QED) is 0.513. The van der Waals surface area contributed by atoms with Crippen molar-refractivity contribution in [1.82, 2.24) is 10.3 Å². The number of halogens is 1. The maximum absolute atomic E-state index is 11.8. The van der Waals surface area contributed by atoms with Gasteiger partial charge in [-0.3, -0.25) is 9.59 Å². The van der Waals surface area contributed by atoms with E-state index in [1.54, 1.807) is 6.07 Å². The number of anilines is 1. The number of hydrogen-bond donors (Lipinski definition) is 2. The molecule has 3 fully saturated rings. The van der Waals surface area contributed by atoms with Crippen LogP contribution in [0.5, 0.6) is 0 Å². The van der Waals surface area contributed by atoms with E-state index in [0.29, 0.717) is 23.6 Å². The smallest absolute Gasteiger partial charge is 0.224 e. The Labute approximate surface area is 203 Å². The Balaban J connectivity index is 0.000000200. The predicted molar refractivity (Wildman–Crippen MR) is 132 cm³/mol. The van der Waals surface area contributed by atoms with Gasteiger partial charge in [0.1, 0.15) is 5.82 Å². The number of allylic oxidation sites excluding steroid dienone is 2. The van der Waals surface area contributed by atoms with Crippen LogP contribution in [0.25, 0.3) is 0 Å². The van der Waals surface area contributed by atoms with Crippen molar-refractivity contribution in [3.8, 4) is 0 Å². The monoisotopic (exact) mass is 471 g/mol. The average molecular weight is 472 g/mol. The minimum atomic E-state index is -0.0944. The zero-order valence-electron chi connectivity index (χ0n) is 20.6. The molecule has 0 spiro atoms. The van der Waals surface area contributed by atoms with Crippen molar-refractivity contribution < 1.29 is 9.59 Å². The first-order valence-electron chi connectivity index (χ1n) is 12.4. The van der Waals surface area contributed by atoms with Crippen LogP contribution in [0.2, 0.25) is 0 Å². The summed E-state index contributed by atoms with van der Waals surface area (Å²) in [6.07, 6.45) is 8.05. The van der Waals surface area contributed by atoms with Gasteiger partial charge in [-0.15, -0.1) is 0 Å². The van der Waals surface area contributed by atoms with E-state index >= 15 is 0 Å². The zero-order chi connectivity index (χ0) is 24.0. The molecule has 5 rings (SSSR count). The highest BCUT2D eigenvalue weighted by Gasteiger charge is 2.58. The fourth-order valence-corrected chi connectivity index (χ4v) is 7.76. The van der Waals surface area contributed by atoms with Gasteiger partial charge in [-0.2, -0.15) is 0 Å². The third-order valence-corrected chi connectivity index (χ3v) is 9.66. The first-order valence-corrected chi connectivity index (χ1v) is 12.8. The van der Waals surface area contributed by atoms with E-state index in [-0.39, 0.29) is 17.2 Å². The third-order valence-electron chi connectivity index (χ3n) is 9.32. The van der Waals surface area contributed by atoms with Crippen LogP contribution in [-0.4, -0.2) is 16.8 Å². The molecule has 6 atom stereocenters.